The molecule has 2 aromatic carbocycles. The second-order valence-electron chi connectivity index (χ2n) is 9.75. The Morgan fingerprint density at radius 1 is 1.16 bits per heavy atom. The van der Waals surface area contributed by atoms with E-state index >= 15 is 0 Å². The van der Waals surface area contributed by atoms with Gasteiger partial charge in [-0.05, 0) is 56.6 Å². The second kappa shape index (κ2) is 13.2. The number of nitrogens with zero attached hydrogens (tertiary/aromatic N) is 1. The maximum atomic E-state index is 13.3. The van der Waals surface area contributed by atoms with Crippen molar-refractivity contribution in [1.82, 2.24) is 15.5 Å². The largest absolute Gasteiger partial charge is 0.466 e. The number of amides is 2. The Hall–Kier alpha value is -3.92. The predicted molar refractivity (Wildman–Crippen MR) is 154 cm³/mol. The fourth-order valence-electron chi connectivity index (χ4n) is 4.69. The highest BCUT2D eigenvalue weighted by Crippen LogP contribution is 2.34. The van der Waals surface area contributed by atoms with Gasteiger partial charge in [-0.3, -0.25) is 14.9 Å². The van der Waals surface area contributed by atoms with Crippen molar-refractivity contribution in [1.29, 1.82) is 0 Å². The Morgan fingerprint density at radius 2 is 1.93 bits per heavy atom. The van der Waals surface area contributed by atoms with Crippen LogP contribution in [0.2, 0.25) is 5.02 Å². The Labute approximate surface area is 253 Å². The van der Waals surface area contributed by atoms with Gasteiger partial charge in [0.1, 0.15) is 16.8 Å². The van der Waals surface area contributed by atoms with E-state index in [1.807, 2.05) is 0 Å². The molecule has 1 unspecified atom stereocenters. The number of halogens is 1. The molecule has 0 aromatic heterocycles. The first kappa shape index (κ1) is 32.0. The van der Waals surface area contributed by atoms with E-state index in [1.165, 1.54) is 11.0 Å². The quantitative estimate of drug-likeness (QED) is 0.220. The van der Waals surface area contributed by atoms with Gasteiger partial charge in [-0.15, -0.1) is 0 Å². The molecule has 0 saturated carbocycles. The highest BCUT2D eigenvalue weighted by atomic mass is 35.5. The average molecular weight is 638 g/mol. The van der Waals surface area contributed by atoms with Crippen LogP contribution in [0.1, 0.15) is 55.2 Å². The van der Waals surface area contributed by atoms with Crippen LogP contribution in [0.3, 0.4) is 0 Å². The molecule has 0 bridgehead atoms. The Bertz CT molecular complexity index is 1530. The maximum absolute atomic E-state index is 13.3. The van der Waals surface area contributed by atoms with Crippen LogP contribution in [0.25, 0.3) is 0 Å². The molecule has 0 aliphatic carbocycles. The summed E-state index contributed by atoms with van der Waals surface area (Å²) in [6.45, 7) is 4.23. The van der Waals surface area contributed by atoms with Crippen molar-refractivity contribution >= 4 is 51.3 Å². The fourth-order valence-corrected chi connectivity index (χ4v) is 5.79. The van der Waals surface area contributed by atoms with E-state index in [1.54, 1.807) is 38.1 Å². The number of esters is 2. The highest BCUT2D eigenvalue weighted by Gasteiger charge is 2.47. The summed E-state index contributed by atoms with van der Waals surface area (Å²) in [6, 6.07) is 8.96. The van der Waals surface area contributed by atoms with Crippen LogP contribution in [-0.4, -0.2) is 69.2 Å². The van der Waals surface area contributed by atoms with E-state index in [0.29, 0.717) is 18.5 Å². The molecule has 232 valence electrons. The summed E-state index contributed by atoms with van der Waals surface area (Å²) < 4.78 is 39.8. The topological polar surface area (TPSA) is 195 Å². The number of anilines is 1. The van der Waals surface area contributed by atoms with Gasteiger partial charge in [0.2, 0.25) is 10.0 Å². The van der Waals surface area contributed by atoms with Crippen molar-refractivity contribution in [2.24, 2.45) is 5.14 Å². The number of ether oxygens (including phenoxy) is 3. The number of hydrogen-bond acceptors (Lipinski definition) is 11. The van der Waals surface area contributed by atoms with Crippen molar-refractivity contribution in [2.75, 3.05) is 31.6 Å². The molecule has 14 nitrogen and oxygen atoms in total. The molecule has 1 fully saturated rings. The minimum absolute atomic E-state index is 0.0164. The van der Waals surface area contributed by atoms with E-state index in [9.17, 15) is 27.6 Å². The summed E-state index contributed by atoms with van der Waals surface area (Å²) in [5.74, 6) is -1.73. The number of benzene rings is 2. The van der Waals surface area contributed by atoms with Crippen LogP contribution in [0.5, 0.6) is 5.75 Å². The highest BCUT2D eigenvalue weighted by molar-refractivity contribution is 7.89. The van der Waals surface area contributed by atoms with E-state index < -0.39 is 45.9 Å². The molecule has 1 saturated heterocycles. The van der Waals surface area contributed by atoms with Crippen molar-refractivity contribution in [3.05, 3.63) is 52.5 Å². The average Bonchev–Trinajstić information content (AvgIpc) is 3.42. The van der Waals surface area contributed by atoms with Crippen LogP contribution in [0, 0.1) is 0 Å². The molecule has 43 heavy (non-hydrogen) atoms. The number of rotatable bonds is 10. The SMILES string of the molecule is CCOC(=O)CCN(CC)C(=O)OC(=O)[C@]1(Oc2cccc(C3NC(=O)c4cc(S(N)(=O)=O)c(Cl)cc4N3)c2)CCCN1. The van der Waals surface area contributed by atoms with E-state index in [0.717, 1.165) is 6.07 Å². The fraction of sp³-hybridized carbons (Fsp3) is 0.407. The summed E-state index contributed by atoms with van der Waals surface area (Å²) in [6.07, 6.45) is -0.943. The molecule has 2 aliphatic rings. The third kappa shape index (κ3) is 7.36. The van der Waals surface area contributed by atoms with Crippen LogP contribution in [0.4, 0.5) is 10.5 Å². The first-order valence-corrected chi connectivity index (χ1v) is 15.4. The van der Waals surface area contributed by atoms with Gasteiger partial charge in [0.25, 0.3) is 11.6 Å². The number of carbonyl (C=O) groups is 4. The third-order valence-electron chi connectivity index (χ3n) is 6.84. The summed E-state index contributed by atoms with van der Waals surface area (Å²) in [5, 5.41) is 13.9. The second-order valence-corrected chi connectivity index (χ2v) is 11.7. The first-order chi connectivity index (χ1) is 20.4. The zero-order valence-electron chi connectivity index (χ0n) is 23.5. The zero-order valence-corrected chi connectivity index (χ0v) is 25.0. The number of hydrogen-bond donors (Lipinski definition) is 4. The lowest BCUT2D eigenvalue weighted by Crippen LogP contribution is -2.55. The van der Waals surface area contributed by atoms with Crippen LogP contribution < -0.4 is 25.8 Å². The molecular weight excluding hydrogens is 606 g/mol. The standard InChI is InChI=1S/C27H32ClN5O9S/c1-3-33(12-9-22(34)40-4-2)26(37)41-25(36)27(10-6-11-30-27)42-17-8-5-7-16(13-17)23-31-20-15-19(28)21(43(29,38)39)14-18(20)24(35)32-23/h5,7-8,13-15,23,30-31H,3-4,6,9-12H2,1-2H3,(H,32,35)(H2,29,38,39)/t23?,27-/m1/s1. The number of sulfonamides is 1. The number of primary sulfonamides is 1. The maximum Gasteiger partial charge on any atom is 0.417 e. The lowest BCUT2D eigenvalue weighted by Gasteiger charge is -2.31. The van der Waals surface area contributed by atoms with E-state index in [-0.39, 0.29) is 59.5 Å². The molecule has 2 heterocycles. The van der Waals surface area contributed by atoms with Crippen LogP contribution >= 0.6 is 11.6 Å². The zero-order chi connectivity index (χ0) is 31.4. The van der Waals surface area contributed by atoms with Gasteiger partial charge in [-0.25, -0.2) is 23.1 Å². The van der Waals surface area contributed by atoms with Crippen LogP contribution in [-0.2, 0) is 29.1 Å². The molecule has 4 rings (SSSR count). The van der Waals surface area contributed by atoms with Gasteiger partial charge < -0.3 is 29.7 Å². The lowest BCUT2D eigenvalue weighted by atomic mass is 10.1. The smallest absolute Gasteiger partial charge is 0.417 e. The molecule has 2 atom stereocenters. The van der Waals surface area contributed by atoms with Gasteiger partial charge in [0.05, 0.1) is 29.3 Å². The monoisotopic (exact) mass is 637 g/mol. The molecule has 2 aromatic rings. The summed E-state index contributed by atoms with van der Waals surface area (Å²) in [7, 11) is -4.15. The molecule has 0 spiro atoms. The third-order valence-corrected chi connectivity index (χ3v) is 8.21. The number of fused-ring (bicyclic) bond motifs is 1. The number of carbonyl (C=O) groups excluding carboxylic acids is 4. The molecule has 0 radical (unpaired) electrons. The Balaban J connectivity index is 1.49. The van der Waals surface area contributed by atoms with Gasteiger partial charge >= 0.3 is 18.0 Å². The van der Waals surface area contributed by atoms with Crippen molar-refractivity contribution in [3.63, 3.8) is 0 Å². The van der Waals surface area contributed by atoms with E-state index in [2.05, 4.69) is 16.0 Å². The molecular formula is C27H32ClN5O9S. The predicted octanol–water partition coefficient (Wildman–Crippen LogP) is 2.24. The van der Waals surface area contributed by atoms with Crippen LogP contribution in [0.15, 0.2) is 41.3 Å². The van der Waals surface area contributed by atoms with Crippen molar-refractivity contribution in [2.45, 2.75) is 49.9 Å². The lowest BCUT2D eigenvalue weighted by molar-refractivity contribution is -0.158. The van der Waals surface area contributed by atoms with Gasteiger partial charge in [0, 0.05) is 19.5 Å². The Morgan fingerprint density at radius 3 is 2.58 bits per heavy atom. The van der Waals surface area contributed by atoms with Crippen molar-refractivity contribution in [3.8, 4) is 5.75 Å². The Kier molecular flexibility index (Phi) is 9.79. The summed E-state index contributed by atoms with van der Waals surface area (Å²) in [5.41, 5.74) is -0.779. The first-order valence-electron chi connectivity index (χ1n) is 13.5. The normalized spacial score (nSPS) is 19.4. The van der Waals surface area contributed by atoms with Gasteiger partial charge in [0.15, 0.2) is 0 Å². The van der Waals surface area contributed by atoms with Gasteiger partial charge in [-0.1, -0.05) is 23.7 Å². The number of nitrogens with one attached hydrogen (secondary N) is 3. The molecule has 2 amide bonds. The summed E-state index contributed by atoms with van der Waals surface area (Å²) >= 11 is 6.11. The molecule has 5 N–H and O–H groups in total. The minimum atomic E-state index is -4.15. The van der Waals surface area contributed by atoms with Gasteiger partial charge in [-0.2, -0.15) is 0 Å². The molecule has 2 aliphatic heterocycles. The molecule has 16 heteroatoms. The minimum Gasteiger partial charge on any atom is -0.466 e. The van der Waals surface area contributed by atoms with E-state index in [4.69, 9.17) is 31.0 Å². The van der Waals surface area contributed by atoms with Crippen molar-refractivity contribution < 1.29 is 41.8 Å². The number of nitrogens with two attached hydrogens (primary N) is 1. The summed E-state index contributed by atoms with van der Waals surface area (Å²) in [4.78, 5) is 51.4.